The van der Waals surface area contributed by atoms with Crippen LogP contribution in [0.3, 0.4) is 0 Å². The fraction of sp³-hybridized carbons (Fsp3) is 0.778. The molecule has 1 unspecified atom stereocenters. The number of hydrogen-bond acceptors (Lipinski definition) is 3. The molecular weight excluding hydrogens is 166 g/mol. The number of epoxide rings is 1. The Balaban J connectivity index is 2.10. The van der Waals surface area contributed by atoms with Crippen LogP contribution >= 0.6 is 0 Å². The van der Waals surface area contributed by atoms with Crippen LogP contribution in [-0.2, 0) is 11.3 Å². The van der Waals surface area contributed by atoms with Crippen molar-refractivity contribution in [3.8, 4) is 0 Å². The van der Waals surface area contributed by atoms with Crippen LogP contribution in [-0.4, -0.2) is 27.0 Å². The SMILES string of the molecule is CC(C)(C)C1(Cn2cncn2)CO1. The predicted octanol–water partition coefficient (Wildman–Crippen LogP) is 1.09. The van der Waals surface area contributed by atoms with E-state index in [0.29, 0.717) is 0 Å². The number of hydrogen-bond donors (Lipinski definition) is 0. The Morgan fingerprint density at radius 3 is 2.62 bits per heavy atom. The molecule has 1 aliphatic rings. The van der Waals surface area contributed by atoms with Crippen LogP contribution in [0.15, 0.2) is 12.7 Å². The molecule has 0 aliphatic carbocycles. The molecular formula is C9H15N3O. The van der Waals surface area contributed by atoms with Gasteiger partial charge >= 0.3 is 0 Å². The molecule has 0 aromatic carbocycles. The van der Waals surface area contributed by atoms with Gasteiger partial charge in [-0.2, -0.15) is 5.10 Å². The molecule has 0 amide bonds. The number of aromatic nitrogens is 3. The summed E-state index contributed by atoms with van der Waals surface area (Å²) in [6, 6.07) is 0. The van der Waals surface area contributed by atoms with Gasteiger partial charge in [0.15, 0.2) is 0 Å². The first kappa shape index (κ1) is 8.69. The second-order valence-corrected chi connectivity index (χ2v) is 4.63. The molecule has 4 nitrogen and oxygen atoms in total. The van der Waals surface area contributed by atoms with E-state index in [4.69, 9.17) is 4.74 Å². The van der Waals surface area contributed by atoms with Crippen LogP contribution in [0, 0.1) is 5.41 Å². The van der Waals surface area contributed by atoms with Crippen LogP contribution in [0.4, 0.5) is 0 Å². The van der Waals surface area contributed by atoms with Crippen LogP contribution in [0.1, 0.15) is 20.8 Å². The average Bonchev–Trinajstić information content (AvgIpc) is 2.59. The van der Waals surface area contributed by atoms with Gasteiger partial charge in [0.2, 0.25) is 0 Å². The Kier molecular flexibility index (Phi) is 1.70. The maximum absolute atomic E-state index is 5.55. The molecule has 13 heavy (non-hydrogen) atoms. The Bertz CT molecular complexity index is 282. The topological polar surface area (TPSA) is 43.2 Å². The third-order valence-electron chi connectivity index (χ3n) is 2.74. The first-order chi connectivity index (χ1) is 6.04. The molecule has 1 fully saturated rings. The van der Waals surface area contributed by atoms with Gasteiger partial charge in [-0.25, -0.2) is 9.67 Å². The molecule has 0 radical (unpaired) electrons. The van der Waals surface area contributed by atoms with E-state index in [-0.39, 0.29) is 11.0 Å². The third-order valence-corrected chi connectivity index (χ3v) is 2.74. The van der Waals surface area contributed by atoms with Crippen molar-refractivity contribution < 1.29 is 4.74 Å². The quantitative estimate of drug-likeness (QED) is 0.641. The lowest BCUT2D eigenvalue weighted by atomic mass is 9.81. The zero-order valence-electron chi connectivity index (χ0n) is 8.32. The minimum atomic E-state index is -0.0271. The van der Waals surface area contributed by atoms with Gasteiger partial charge in [0.25, 0.3) is 0 Å². The summed E-state index contributed by atoms with van der Waals surface area (Å²) in [6.45, 7) is 8.21. The van der Waals surface area contributed by atoms with E-state index in [2.05, 4.69) is 30.9 Å². The molecule has 0 bridgehead atoms. The van der Waals surface area contributed by atoms with Crippen molar-refractivity contribution in [1.82, 2.24) is 14.8 Å². The minimum absolute atomic E-state index is 0.0271. The largest absolute Gasteiger partial charge is 0.367 e. The molecule has 1 atom stereocenters. The van der Waals surface area contributed by atoms with Gasteiger partial charge in [-0.3, -0.25) is 0 Å². The Labute approximate surface area is 77.9 Å². The van der Waals surface area contributed by atoms with Crippen molar-refractivity contribution in [3.05, 3.63) is 12.7 Å². The highest BCUT2D eigenvalue weighted by Crippen LogP contribution is 2.45. The van der Waals surface area contributed by atoms with Gasteiger partial charge in [-0.15, -0.1) is 0 Å². The smallest absolute Gasteiger partial charge is 0.137 e. The molecule has 0 N–H and O–H groups in total. The molecule has 72 valence electrons. The Hall–Kier alpha value is -0.900. The van der Waals surface area contributed by atoms with E-state index >= 15 is 0 Å². The van der Waals surface area contributed by atoms with Gasteiger partial charge in [-0.05, 0) is 5.41 Å². The lowest BCUT2D eigenvalue weighted by Gasteiger charge is -2.26. The number of rotatable bonds is 2. The summed E-state index contributed by atoms with van der Waals surface area (Å²) < 4.78 is 7.38. The van der Waals surface area contributed by atoms with Crippen LogP contribution < -0.4 is 0 Å². The summed E-state index contributed by atoms with van der Waals surface area (Å²) in [5.41, 5.74) is 0.139. The van der Waals surface area contributed by atoms with Crippen molar-refractivity contribution in [1.29, 1.82) is 0 Å². The molecule has 4 heteroatoms. The minimum Gasteiger partial charge on any atom is -0.367 e. The number of ether oxygens (including phenoxy) is 1. The molecule has 2 rings (SSSR count). The first-order valence-corrected chi connectivity index (χ1v) is 4.50. The molecule has 1 aromatic heterocycles. The van der Waals surface area contributed by atoms with Crippen LogP contribution in [0.2, 0.25) is 0 Å². The molecule has 0 spiro atoms. The average molecular weight is 181 g/mol. The standard InChI is InChI=1S/C9H15N3O/c1-8(2,3)9(5-13-9)4-12-7-10-6-11-12/h6-7H,4-5H2,1-3H3. The predicted molar refractivity (Wildman–Crippen MR) is 48.2 cm³/mol. The number of nitrogens with zero attached hydrogens (tertiary/aromatic N) is 3. The van der Waals surface area contributed by atoms with E-state index in [1.165, 1.54) is 0 Å². The van der Waals surface area contributed by atoms with Gasteiger partial charge in [0.1, 0.15) is 18.3 Å². The van der Waals surface area contributed by atoms with E-state index in [9.17, 15) is 0 Å². The van der Waals surface area contributed by atoms with Crippen LogP contribution in [0.5, 0.6) is 0 Å². The molecule has 1 aliphatic heterocycles. The highest BCUT2D eigenvalue weighted by atomic mass is 16.6. The summed E-state index contributed by atoms with van der Waals surface area (Å²) in [4.78, 5) is 3.91. The van der Waals surface area contributed by atoms with E-state index in [0.717, 1.165) is 13.2 Å². The maximum Gasteiger partial charge on any atom is 0.137 e. The first-order valence-electron chi connectivity index (χ1n) is 4.50. The highest BCUT2D eigenvalue weighted by Gasteiger charge is 2.54. The van der Waals surface area contributed by atoms with Crippen LogP contribution in [0.25, 0.3) is 0 Å². The van der Waals surface area contributed by atoms with Gasteiger partial charge in [-0.1, -0.05) is 20.8 Å². The molecule has 1 saturated heterocycles. The fourth-order valence-corrected chi connectivity index (χ4v) is 1.42. The van der Waals surface area contributed by atoms with Gasteiger partial charge in [0.05, 0.1) is 13.2 Å². The Morgan fingerprint density at radius 2 is 2.23 bits per heavy atom. The zero-order valence-corrected chi connectivity index (χ0v) is 8.32. The fourth-order valence-electron chi connectivity index (χ4n) is 1.42. The lowest BCUT2D eigenvalue weighted by molar-refractivity contribution is 0.131. The molecule has 0 saturated carbocycles. The van der Waals surface area contributed by atoms with Gasteiger partial charge < -0.3 is 4.74 Å². The normalized spacial score (nSPS) is 27.6. The van der Waals surface area contributed by atoms with Crippen molar-refractivity contribution in [3.63, 3.8) is 0 Å². The Morgan fingerprint density at radius 1 is 1.54 bits per heavy atom. The van der Waals surface area contributed by atoms with Gasteiger partial charge in [0, 0.05) is 0 Å². The van der Waals surface area contributed by atoms with E-state index < -0.39 is 0 Å². The second kappa shape index (κ2) is 2.54. The summed E-state index contributed by atoms with van der Waals surface area (Å²) in [6.07, 6.45) is 3.29. The van der Waals surface area contributed by atoms with E-state index in [1.54, 1.807) is 12.7 Å². The summed E-state index contributed by atoms with van der Waals surface area (Å²) >= 11 is 0. The van der Waals surface area contributed by atoms with Crippen molar-refractivity contribution >= 4 is 0 Å². The molecule has 1 aromatic rings. The zero-order chi connectivity index (χ0) is 9.53. The summed E-state index contributed by atoms with van der Waals surface area (Å²) in [5, 5.41) is 4.08. The monoisotopic (exact) mass is 181 g/mol. The highest BCUT2D eigenvalue weighted by molar-refractivity contribution is 5.01. The maximum atomic E-state index is 5.55. The lowest BCUT2D eigenvalue weighted by Crippen LogP contribution is -2.34. The van der Waals surface area contributed by atoms with Crippen molar-refractivity contribution in [2.24, 2.45) is 5.41 Å². The van der Waals surface area contributed by atoms with Crippen molar-refractivity contribution in [2.75, 3.05) is 6.61 Å². The second-order valence-electron chi connectivity index (χ2n) is 4.63. The summed E-state index contributed by atoms with van der Waals surface area (Å²) in [5.74, 6) is 0. The third kappa shape index (κ3) is 1.46. The summed E-state index contributed by atoms with van der Waals surface area (Å²) in [7, 11) is 0. The molecule has 2 heterocycles. The van der Waals surface area contributed by atoms with Crippen molar-refractivity contribution in [2.45, 2.75) is 32.9 Å². The van der Waals surface area contributed by atoms with E-state index in [1.807, 2.05) is 4.68 Å².